The second-order valence-electron chi connectivity index (χ2n) is 4.35. The Kier molecular flexibility index (Phi) is 3.45. The van der Waals surface area contributed by atoms with E-state index in [1.807, 2.05) is 6.07 Å². The standard InChI is InChI=1S/C13H18N2O2/c1-3-8-4-9(11(14)7-17-2)5-10-6-12(16)15-13(8)10/h4-5,11H,3,6-7,14H2,1-2H3,(H,15,16). The predicted molar refractivity (Wildman–Crippen MR) is 67.0 cm³/mol. The summed E-state index contributed by atoms with van der Waals surface area (Å²) in [6.07, 6.45) is 1.34. The first-order valence-electron chi connectivity index (χ1n) is 5.85. The van der Waals surface area contributed by atoms with Crippen LogP contribution in [0.5, 0.6) is 0 Å². The van der Waals surface area contributed by atoms with Gasteiger partial charge in [-0.15, -0.1) is 0 Å². The van der Waals surface area contributed by atoms with E-state index in [-0.39, 0.29) is 11.9 Å². The fraction of sp³-hybridized carbons (Fsp3) is 0.462. The number of carbonyl (C=O) groups is 1. The average molecular weight is 234 g/mol. The van der Waals surface area contributed by atoms with Crippen molar-refractivity contribution in [3.63, 3.8) is 0 Å². The molecule has 0 saturated carbocycles. The number of methoxy groups -OCH3 is 1. The van der Waals surface area contributed by atoms with Crippen molar-refractivity contribution in [2.24, 2.45) is 5.73 Å². The lowest BCUT2D eigenvalue weighted by molar-refractivity contribution is -0.115. The number of benzene rings is 1. The van der Waals surface area contributed by atoms with Gasteiger partial charge in [0.05, 0.1) is 19.1 Å². The van der Waals surface area contributed by atoms with Crippen molar-refractivity contribution >= 4 is 11.6 Å². The van der Waals surface area contributed by atoms with Gasteiger partial charge in [-0.2, -0.15) is 0 Å². The minimum absolute atomic E-state index is 0.0622. The lowest BCUT2D eigenvalue weighted by Crippen LogP contribution is -2.16. The van der Waals surface area contributed by atoms with E-state index in [2.05, 4.69) is 18.3 Å². The Morgan fingerprint density at radius 2 is 2.29 bits per heavy atom. The zero-order valence-corrected chi connectivity index (χ0v) is 10.2. The third-order valence-corrected chi connectivity index (χ3v) is 3.09. The monoisotopic (exact) mass is 234 g/mol. The molecule has 1 aromatic rings. The maximum absolute atomic E-state index is 11.4. The summed E-state index contributed by atoms with van der Waals surface area (Å²) < 4.78 is 5.06. The summed E-state index contributed by atoms with van der Waals surface area (Å²) in [6, 6.07) is 3.94. The highest BCUT2D eigenvalue weighted by Gasteiger charge is 2.22. The van der Waals surface area contributed by atoms with Crippen LogP contribution in [0.25, 0.3) is 0 Å². The Morgan fingerprint density at radius 3 is 2.94 bits per heavy atom. The largest absolute Gasteiger partial charge is 0.383 e. The Bertz CT molecular complexity index is 443. The molecule has 1 aliphatic rings. The summed E-state index contributed by atoms with van der Waals surface area (Å²) in [7, 11) is 1.64. The first-order valence-corrected chi connectivity index (χ1v) is 5.85. The van der Waals surface area contributed by atoms with Crippen LogP contribution >= 0.6 is 0 Å². The first-order chi connectivity index (χ1) is 8.15. The zero-order chi connectivity index (χ0) is 12.4. The van der Waals surface area contributed by atoms with Crippen LogP contribution in [0, 0.1) is 0 Å². The van der Waals surface area contributed by atoms with E-state index >= 15 is 0 Å². The molecular weight excluding hydrogens is 216 g/mol. The van der Waals surface area contributed by atoms with Crippen molar-refractivity contribution in [3.05, 3.63) is 28.8 Å². The van der Waals surface area contributed by atoms with Crippen molar-refractivity contribution in [1.29, 1.82) is 0 Å². The molecule has 0 radical (unpaired) electrons. The number of nitrogens with two attached hydrogens (primary N) is 1. The van der Waals surface area contributed by atoms with Gasteiger partial charge in [0, 0.05) is 12.8 Å². The molecule has 0 saturated heterocycles. The molecule has 1 heterocycles. The summed E-state index contributed by atoms with van der Waals surface area (Å²) in [5, 5.41) is 2.90. The highest BCUT2D eigenvalue weighted by atomic mass is 16.5. The van der Waals surface area contributed by atoms with Crippen molar-refractivity contribution < 1.29 is 9.53 Å². The van der Waals surface area contributed by atoms with Gasteiger partial charge in [-0.3, -0.25) is 4.79 Å². The Balaban J connectivity index is 2.38. The molecule has 1 unspecified atom stereocenters. The fourth-order valence-corrected chi connectivity index (χ4v) is 2.22. The lowest BCUT2D eigenvalue weighted by Gasteiger charge is -2.15. The van der Waals surface area contributed by atoms with Gasteiger partial charge in [0.1, 0.15) is 0 Å². The quantitative estimate of drug-likeness (QED) is 0.827. The van der Waals surface area contributed by atoms with Crippen molar-refractivity contribution in [2.75, 3.05) is 19.0 Å². The molecule has 1 amide bonds. The van der Waals surface area contributed by atoms with Crippen molar-refractivity contribution in [2.45, 2.75) is 25.8 Å². The molecular formula is C13H18N2O2. The molecule has 92 valence electrons. The molecule has 2 rings (SSSR count). The van der Waals surface area contributed by atoms with E-state index in [4.69, 9.17) is 10.5 Å². The number of hydrogen-bond donors (Lipinski definition) is 2. The fourth-order valence-electron chi connectivity index (χ4n) is 2.22. The highest BCUT2D eigenvalue weighted by Crippen LogP contribution is 2.30. The number of anilines is 1. The van der Waals surface area contributed by atoms with E-state index in [0.29, 0.717) is 13.0 Å². The number of amides is 1. The number of hydrogen-bond acceptors (Lipinski definition) is 3. The van der Waals surface area contributed by atoms with Gasteiger partial charge in [0.2, 0.25) is 5.91 Å². The van der Waals surface area contributed by atoms with E-state index in [1.165, 1.54) is 0 Å². The molecule has 1 aliphatic heterocycles. The molecule has 0 fully saturated rings. The Morgan fingerprint density at radius 1 is 1.53 bits per heavy atom. The van der Waals surface area contributed by atoms with Gasteiger partial charge in [-0.25, -0.2) is 0 Å². The van der Waals surface area contributed by atoms with Crippen molar-refractivity contribution in [3.8, 4) is 0 Å². The number of ether oxygens (including phenoxy) is 1. The van der Waals surface area contributed by atoms with Gasteiger partial charge >= 0.3 is 0 Å². The molecule has 4 heteroatoms. The third-order valence-electron chi connectivity index (χ3n) is 3.09. The highest BCUT2D eigenvalue weighted by molar-refractivity contribution is 6.00. The second kappa shape index (κ2) is 4.85. The third kappa shape index (κ3) is 2.33. The van der Waals surface area contributed by atoms with Gasteiger partial charge in [-0.1, -0.05) is 19.1 Å². The normalized spacial score (nSPS) is 15.6. The first kappa shape index (κ1) is 12.1. The van der Waals surface area contributed by atoms with Crippen LogP contribution < -0.4 is 11.1 Å². The van der Waals surface area contributed by atoms with Crippen LogP contribution in [0.1, 0.15) is 29.7 Å². The minimum atomic E-state index is -0.133. The summed E-state index contributed by atoms with van der Waals surface area (Å²) in [6.45, 7) is 2.56. The van der Waals surface area contributed by atoms with Crippen molar-refractivity contribution in [1.82, 2.24) is 0 Å². The smallest absolute Gasteiger partial charge is 0.228 e. The molecule has 17 heavy (non-hydrogen) atoms. The van der Waals surface area contributed by atoms with Gasteiger partial charge in [-0.05, 0) is 23.1 Å². The van der Waals surface area contributed by atoms with Crippen LogP contribution in [0.15, 0.2) is 12.1 Å². The lowest BCUT2D eigenvalue weighted by atomic mass is 9.97. The minimum Gasteiger partial charge on any atom is -0.383 e. The van der Waals surface area contributed by atoms with Crippen LogP contribution in [0.3, 0.4) is 0 Å². The molecule has 0 aromatic heterocycles. The van der Waals surface area contributed by atoms with Gasteiger partial charge < -0.3 is 15.8 Å². The van der Waals surface area contributed by atoms with Gasteiger partial charge in [0.25, 0.3) is 0 Å². The number of carbonyl (C=O) groups excluding carboxylic acids is 1. The van der Waals surface area contributed by atoms with Gasteiger partial charge in [0.15, 0.2) is 0 Å². The molecule has 0 bridgehead atoms. The molecule has 1 aromatic carbocycles. The predicted octanol–water partition coefficient (Wildman–Crippen LogP) is 1.39. The van der Waals surface area contributed by atoms with E-state index in [0.717, 1.165) is 28.8 Å². The maximum atomic E-state index is 11.4. The summed E-state index contributed by atoms with van der Waals surface area (Å²) in [4.78, 5) is 11.4. The summed E-state index contributed by atoms with van der Waals surface area (Å²) in [5.41, 5.74) is 10.2. The topological polar surface area (TPSA) is 64.3 Å². The average Bonchev–Trinajstić information content (AvgIpc) is 2.68. The SMILES string of the molecule is CCc1cc(C(N)COC)cc2c1NC(=O)C2. The molecule has 4 nitrogen and oxygen atoms in total. The Labute approximate surface area is 101 Å². The van der Waals surface area contributed by atoms with E-state index in [9.17, 15) is 4.79 Å². The van der Waals surface area contributed by atoms with Crippen LogP contribution in [0.4, 0.5) is 5.69 Å². The number of rotatable bonds is 4. The van der Waals surface area contributed by atoms with Crippen LogP contribution in [-0.4, -0.2) is 19.6 Å². The zero-order valence-electron chi connectivity index (χ0n) is 10.2. The number of aryl methyl sites for hydroxylation is 1. The summed E-state index contributed by atoms with van der Waals surface area (Å²) in [5.74, 6) is 0.0622. The molecule has 0 spiro atoms. The van der Waals surface area contributed by atoms with Crippen LogP contribution in [-0.2, 0) is 22.4 Å². The van der Waals surface area contributed by atoms with Crippen LogP contribution in [0.2, 0.25) is 0 Å². The number of fused-ring (bicyclic) bond motifs is 1. The molecule has 1 atom stereocenters. The Hall–Kier alpha value is -1.39. The number of nitrogens with one attached hydrogen (secondary N) is 1. The molecule has 0 aliphatic carbocycles. The summed E-state index contributed by atoms with van der Waals surface area (Å²) >= 11 is 0. The van der Waals surface area contributed by atoms with E-state index in [1.54, 1.807) is 7.11 Å². The van der Waals surface area contributed by atoms with E-state index < -0.39 is 0 Å². The maximum Gasteiger partial charge on any atom is 0.228 e. The molecule has 3 N–H and O–H groups in total. The second-order valence-corrected chi connectivity index (χ2v) is 4.35.